The van der Waals surface area contributed by atoms with Gasteiger partial charge in [-0.05, 0) is 62.0 Å². The van der Waals surface area contributed by atoms with Crippen LogP contribution in [0.1, 0.15) is 19.4 Å². The maximum atomic E-state index is 12.9. The van der Waals surface area contributed by atoms with Crippen LogP contribution >= 0.6 is 23.8 Å². The van der Waals surface area contributed by atoms with E-state index in [1.54, 1.807) is 48.5 Å². The van der Waals surface area contributed by atoms with Crippen molar-refractivity contribution in [1.82, 2.24) is 5.32 Å². The number of carbonyl (C=O) groups excluding carboxylic acids is 2. The summed E-state index contributed by atoms with van der Waals surface area (Å²) >= 11 is 11.4. The highest BCUT2D eigenvalue weighted by Crippen LogP contribution is 2.29. The maximum absolute atomic E-state index is 12.9. The summed E-state index contributed by atoms with van der Waals surface area (Å²) in [5, 5.41) is 2.90. The van der Waals surface area contributed by atoms with Crippen LogP contribution in [0.5, 0.6) is 5.75 Å². The zero-order valence-corrected chi connectivity index (χ0v) is 16.3. The SMILES string of the molecule is CC(C)Oc1ccc(/C=C2\C(=O)NC(=S)N(c3ccccc3Cl)C2=O)cc1. The first-order valence-corrected chi connectivity index (χ1v) is 9.08. The van der Waals surface area contributed by atoms with Gasteiger partial charge in [-0.15, -0.1) is 0 Å². The Morgan fingerprint density at radius 3 is 2.41 bits per heavy atom. The molecule has 0 bridgehead atoms. The zero-order chi connectivity index (χ0) is 19.6. The van der Waals surface area contributed by atoms with Crippen molar-refractivity contribution in [3.63, 3.8) is 0 Å². The molecule has 2 amide bonds. The van der Waals surface area contributed by atoms with Gasteiger partial charge in [0.1, 0.15) is 11.3 Å². The predicted molar refractivity (Wildman–Crippen MR) is 110 cm³/mol. The summed E-state index contributed by atoms with van der Waals surface area (Å²) in [4.78, 5) is 26.5. The summed E-state index contributed by atoms with van der Waals surface area (Å²) < 4.78 is 5.60. The fourth-order valence-electron chi connectivity index (χ4n) is 2.59. The molecule has 0 radical (unpaired) electrons. The number of hydrogen-bond donors (Lipinski definition) is 1. The van der Waals surface area contributed by atoms with Crippen LogP contribution < -0.4 is 15.0 Å². The third-order valence-corrected chi connectivity index (χ3v) is 4.36. The Balaban J connectivity index is 1.93. The minimum absolute atomic E-state index is 0.00377. The van der Waals surface area contributed by atoms with Gasteiger partial charge in [0.25, 0.3) is 11.8 Å². The Morgan fingerprint density at radius 1 is 1.11 bits per heavy atom. The molecule has 1 aliphatic rings. The van der Waals surface area contributed by atoms with Gasteiger partial charge in [0.2, 0.25) is 0 Å². The second-order valence-electron chi connectivity index (χ2n) is 6.14. The maximum Gasteiger partial charge on any atom is 0.270 e. The van der Waals surface area contributed by atoms with Crippen molar-refractivity contribution in [2.75, 3.05) is 4.90 Å². The summed E-state index contributed by atoms with van der Waals surface area (Å²) in [5.41, 5.74) is 1.08. The molecule has 0 atom stereocenters. The summed E-state index contributed by atoms with van der Waals surface area (Å²) in [5.74, 6) is -0.361. The largest absolute Gasteiger partial charge is 0.491 e. The average Bonchev–Trinajstić information content (AvgIpc) is 2.61. The molecule has 0 saturated carbocycles. The smallest absolute Gasteiger partial charge is 0.270 e. The van der Waals surface area contributed by atoms with Crippen molar-refractivity contribution in [2.24, 2.45) is 0 Å². The molecule has 7 heteroatoms. The van der Waals surface area contributed by atoms with E-state index in [0.717, 1.165) is 0 Å². The van der Waals surface area contributed by atoms with Crippen LogP contribution in [0, 0.1) is 0 Å². The molecule has 0 aliphatic carbocycles. The van der Waals surface area contributed by atoms with E-state index >= 15 is 0 Å². The van der Waals surface area contributed by atoms with Gasteiger partial charge in [0.05, 0.1) is 16.8 Å². The second-order valence-corrected chi connectivity index (χ2v) is 6.94. The van der Waals surface area contributed by atoms with Crippen molar-refractivity contribution in [3.05, 3.63) is 64.7 Å². The van der Waals surface area contributed by atoms with E-state index in [4.69, 9.17) is 28.6 Å². The van der Waals surface area contributed by atoms with Crippen LogP contribution in [0.15, 0.2) is 54.1 Å². The molecule has 1 fully saturated rings. The third-order valence-electron chi connectivity index (χ3n) is 3.76. The Bertz CT molecular complexity index is 938. The van der Waals surface area contributed by atoms with Gasteiger partial charge in [-0.25, -0.2) is 0 Å². The van der Waals surface area contributed by atoms with Gasteiger partial charge in [-0.2, -0.15) is 0 Å². The number of halogens is 1. The molecule has 1 heterocycles. The highest BCUT2D eigenvalue weighted by molar-refractivity contribution is 7.80. The van der Waals surface area contributed by atoms with Crippen molar-refractivity contribution in [2.45, 2.75) is 20.0 Å². The number of benzene rings is 2. The molecule has 0 unspecified atom stereocenters. The molecule has 0 aromatic heterocycles. The average molecular weight is 401 g/mol. The highest BCUT2D eigenvalue weighted by Gasteiger charge is 2.35. The van der Waals surface area contributed by atoms with E-state index in [1.807, 2.05) is 13.8 Å². The van der Waals surface area contributed by atoms with Gasteiger partial charge >= 0.3 is 0 Å². The normalized spacial score (nSPS) is 16.1. The summed E-state index contributed by atoms with van der Waals surface area (Å²) in [6.07, 6.45) is 1.58. The Morgan fingerprint density at radius 2 is 1.78 bits per heavy atom. The summed E-state index contributed by atoms with van der Waals surface area (Å²) in [6, 6.07) is 13.9. The molecule has 138 valence electrons. The summed E-state index contributed by atoms with van der Waals surface area (Å²) in [6.45, 7) is 3.88. The van der Waals surface area contributed by atoms with Crippen molar-refractivity contribution in [1.29, 1.82) is 0 Å². The van der Waals surface area contributed by atoms with Crippen LogP contribution in [0.2, 0.25) is 5.02 Å². The van der Waals surface area contributed by atoms with Crippen LogP contribution in [0.3, 0.4) is 0 Å². The van der Waals surface area contributed by atoms with Crippen molar-refractivity contribution >= 4 is 52.5 Å². The molecule has 27 heavy (non-hydrogen) atoms. The third kappa shape index (κ3) is 4.18. The first-order chi connectivity index (χ1) is 12.9. The van der Waals surface area contributed by atoms with E-state index in [9.17, 15) is 9.59 Å². The minimum Gasteiger partial charge on any atom is -0.491 e. The second kappa shape index (κ2) is 7.90. The zero-order valence-electron chi connectivity index (χ0n) is 14.7. The van der Waals surface area contributed by atoms with E-state index < -0.39 is 11.8 Å². The minimum atomic E-state index is -0.546. The summed E-state index contributed by atoms with van der Waals surface area (Å²) in [7, 11) is 0. The number of ether oxygens (including phenoxy) is 1. The monoisotopic (exact) mass is 400 g/mol. The topological polar surface area (TPSA) is 58.6 Å². The van der Waals surface area contributed by atoms with Crippen molar-refractivity contribution in [3.8, 4) is 5.75 Å². The number of para-hydroxylation sites is 1. The van der Waals surface area contributed by atoms with Crippen LogP contribution in [0.4, 0.5) is 5.69 Å². The molecule has 1 saturated heterocycles. The van der Waals surface area contributed by atoms with E-state index in [0.29, 0.717) is 22.0 Å². The number of anilines is 1. The molecule has 2 aromatic carbocycles. The number of nitrogens with zero attached hydrogens (tertiary/aromatic N) is 1. The first-order valence-electron chi connectivity index (χ1n) is 8.29. The standard InChI is InChI=1S/C20H17ClN2O3S/c1-12(2)26-14-9-7-13(8-10-14)11-15-18(24)22-20(27)23(19(15)25)17-6-4-3-5-16(17)21/h3-12H,1-2H3,(H,22,24,27)/b15-11+. The van der Waals surface area contributed by atoms with Crippen LogP contribution in [-0.2, 0) is 9.59 Å². The van der Waals surface area contributed by atoms with Gasteiger partial charge in [-0.3, -0.25) is 19.8 Å². The molecule has 1 aliphatic heterocycles. The van der Waals surface area contributed by atoms with E-state index in [1.165, 1.54) is 11.0 Å². The van der Waals surface area contributed by atoms with Crippen LogP contribution in [0.25, 0.3) is 6.08 Å². The predicted octanol–water partition coefficient (Wildman–Crippen LogP) is 3.96. The van der Waals surface area contributed by atoms with Crippen LogP contribution in [-0.4, -0.2) is 23.0 Å². The number of carbonyl (C=O) groups is 2. The highest BCUT2D eigenvalue weighted by atomic mass is 35.5. The fraction of sp³-hybridized carbons (Fsp3) is 0.150. The number of thiocarbonyl (C=S) groups is 1. The molecule has 3 rings (SSSR count). The Kier molecular flexibility index (Phi) is 5.58. The lowest BCUT2D eigenvalue weighted by Crippen LogP contribution is -2.54. The number of hydrogen-bond acceptors (Lipinski definition) is 4. The number of nitrogens with one attached hydrogen (secondary N) is 1. The molecular formula is C20H17ClN2O3S. The van der Waals surface area contributed by atoms with E-state index in [2.05, 4.69) is 5.32 Å². The van der Waals surface area contributed by atoms with Gasteiger partial charge < -0.3 is 4.74 Å². The molecule has 1 N–H and O–H groups in total. The van der Waals surface area contributed by atoms with E-state index in [-0.39, 0.29) is 16.8 Å². The first kappa shape index (κ1) is 19.1. The number of amides is 2. The van der Waals surface area contributed by atoms with Gasteiger partial charge in [0.15, 0.2) is 5.11 Å². The fourth-order valence-corrected chi connectivity index (χ4v) is 3.08. The Hall–Kier alpha value is -2.70. The Labute approximate surface area is 167 Å². The number of rotatable bonds is 4. The quantitative estimate of drug-likeness (QED) is 0.479. The van der Waals surface area contributed by atoms with Crippen molar-refractivity contribution < 1.29 is 14.3 Å². The molecular weight excluding hydrogens is 384 g/mol. The lowest BCUT2D eigenvalue weighted by molar-refractivity contribution is -0.122. The van der Waals surface area contributed by atoms with Gasteiger partial charge in [-0.1, -0.05) is 35.9 Å². The van der Waals surface area contributed by atoms with Gasteiger partial charge in [0, 0.05) is 0 Å². The molecule has 2 aromatic rings. The lowest BCUT2D eigenvalue weighted by Gasteiger charge is -2.29. The molecule has 0 spiro atoms. The lowest BCUT2D eigenvalue weighted by atomic mass is 10.1. The molecule has 5 nitrogen and oxygen atoms in total.